The van der Waals surface area contributed by atoms with Gasteiger partial charge < -0.3 is 10.2 Å². The molecule has 1 aromatic rings. The van der Waals surface area contributed by atoms with E-state index in [1.54, 1.807) is 18.7 Å². The SMILES string of the molecule is CC(c1ccc(Br)cc1)N1CCC(=O)NC(C)(C)C1=O. The van der Waals surface area contributed by atoms with Crippen molar-refractivity contribution >= 4 is 27.7 Å². The van der Waals surface area contributed by atoms with E-state index >= 15 is 0 Å². The molecule has 0 radical (unpaired) electrons. The highest BCUT2D eigenvalue weighted by Gasteiger charge is 2.38. The van der Waals surface area contributed by atoms with Crippen LogP contribution in [0.15, 0.2) is 28.7 Å². The summed E-state index contributed by atoms with van der Waals surface area (Å²) in [4.78, 5) is 26.1. The molecule has 1 aliphatic heterocycles. The van der Waals surface area contributed by atoms with E-state index in [2.05, 4.69) is 21.2 Å². The van der Waals surface area contributed by atoms with Crippen molar-refractivity contribution < 1.29 is 9.59 Å². The van der Waals surface area contributed by atoms with Crippen molar-refractivity contribution in [2.24, 2.45) is 0 Å². The van der Waals surface area contributed by atoms with Crippen LogP contribution in [0.2, 0.25) is 0 Å². The van der Waals surface area contributed by atoms with Crippen molar-refractivity contribution in [3.8, 4) is 0 Å². The maximum Gasteiger partial charge on any atom is 0.248 e. The Kier molecular flexibility index (Phi) is 4.18. The molecule has 5 heteroatoms. The lowest BCUT2D eigenvalue weighted by Crippen LogP contribution is -2.53. The maximum atomic E-state index is 12.6. The van der Waals surface area contributed by atoms with E-state index in [1.807, 2.05) is 31.2 Å². The molecule has 108 valence electrons. The first kappa shape index (κ1) is 15.0. The summed E-state index contributed by atoms with van der Waals surface area (Å²) >= 11 is 3.41. The monoisotopic (exact) mass is 338 g/mol. The molecule has 0 bridgehead atoms. The fourth-order valence-corrected chi connectivity index (χ4v) is 2.70. The van der Waals surface area contributed by atoms with Crippen LogP contribution in [0.5, 0.6) is 0 Å². The van der Waals surface area contributed by atoms with Gasteiger partial charge >= 0.3 is 0 Å². The Hall–Kier alpha value is -1.36. The molecular formula is C15H19BrN2O2. The molecule has 2 rings (SSSR count). The Morgan fingerprint density at radius 2 is 1.85 bits per heavy atom. The summed E-state index contributed by atoms with van der Waals surface area (Å²) in [5.74, 6) is -0.118. The van der Waals surface area contributed by atoms with Gasteiger partial charge in [-0.2, -0.15) is 0 Å². The molecule has 2 amide bonds. The number of nitrogens with one attached hydrogen (secondary N) is 1. The third kappa shape index (κ3) is 3.03. The van der Waals surface area contributed by atoms with Crippen LogP contribution in [0.25, 0.3) is 0 Å². The fraction of sp³-hybridized carbons (Fsp3) is 0.467. The lowest BCUT2D eigenvalue weighted by atomic mass is 10.0. The molecule has 1 atom stereocenters. The Morgan fingerprint density at radius 3 is 2.45 bits per heavy atom. The Labute approximate surface area is 127 Å². The fourth-order valence-electron chi connectivity index (χ4n) is 2.44. The molecule has 0 saturated carbocycles. The zero-order valence-corrected chi connectivity index (χ0v) is 13.5. The topological polar surface area (TPSA) is 49.4 Å². The van der Waals surface area contributed by atoms with Gasteiger partial charge in [-0.05, 0) is 38.5 Å². The summed E-state index contributed by atoms with van der Waals surface area (Å²) in [6, 6.07) is 7.86. The average Bonchev–Trinajstić information content (AvgIpc) is 2.47. The van der Waals surface area contributed by atoms with Gasteiger partial charge in [0.05, 0.1) is 6.04 Å². The Morgan fingerprint density at radius 1 is 1.25 bits per heavy atom. The van der Waals surface area contributed by atoms with Crippen LogP contribution in [0.4, 0.5) is 0 Å². The maximum absolute atomic E-state index is 12.6. The second-order valence-electron chi connectivity index (χ2n) is 5.65. The normalized spacial score (nSPS) is 20.3. The van der Waals surface area contributed by atoms with E-state index in [9.17, 15) is 9.59 Å². The quantitative estimate of drug-likeness (QED) is 0.901. The molecule has 0 spiro atoms. The number of nitrogens with zero attached hydrogens (tertiary/aromatic N) is 1. The molecule has 0 aliphatic carbocycles. The molecule has 1 aliphatic rings. The van der Waals surface area contributed by atoms with E-state index in [-0.39, 0.29) is 17.9 Å². The van der Waals surface area contributed by atoms with Crippen molar-refractivity contribution in [3.05, 3.63) is 34.3 Å². The highest BCUT2D eigenvalue weighted by molar-refractivity contribution is 9.10. The van der Waals surface area contributed by atoms with Crippen molar-refractivity contribution in [3.63, 3.8) is 0 Å². The zero-order valence-electron chi connectivity index (χ0n) is 11.9. The smallest absolute Gasteiger partial charge is 0.248 e. The predicted octanol–water partition coefficient (Wildman–Crippen LogP) is 2.64. The average molecular weight is 339 g/mol. The lowest BCUT2D eigenvalue weighted by Gasteiger charge is -2.33. The number of carbonyl (C=O) groups excluding carboxylic acids is 2. The summed E-state index contributed by atoms with van der Waals surface area (Å²) in [6.07, 6.45) is 0.343. The highest BCUT2D eigenvalue weighted by Crippen LogP contribution is 2.26. The van der Waals surface area contributed by atoms with E-state index in [1.165, 1.54) is 0 Å². The molecule has 4 nitrogen and oxygen atoms in total. The molecule has 1 fully saturated rings. The number of hydrogen-bond acceptors (Lipinski definition) is 2. The van der Waals surface area contributed by atoms with Crippen LogP contribution in [0.1, 0.15) is 38.8 Å². The number of hydrogen-bond donors (Lipinski definition) is 1. The molecule has 1 heterocycles. The van der Waals surface area contributed by atoms with Gasteiger partial charge in [0.15, 0.2) is 0 Å². The number of carbonyl (C=O) groups is 2. The van der Waals surface area contributed by atoms with E-state index in [0.717, 1.165) is 10.0 Å². The van der Waals surface area contributed by atoms with Crippen molar-refractivity contribution in [2.45, 2.75) is 38.8 Å². The summed E-state index contributed by atoms with van der Waals surface area (Å²) in [5.41, 5.74) is 0.212. The number of rotatable bonds is 2. The van der Waals surface area contributed by atoms with Gasteiger partial charge in [-0.15, -0.1) is 0 Å². The third-order valence-corrected chi connectivity index (χ3v) is 4.18. The predicted molar refractivity (Wildman–Crippen MR) is 81.1 cm³/mol. The molecule has 1 unspecified atom stereocenters. The van der Waals surface area contributed by atoms with Gasteiger partial charge in [-0.1, -0.05) is 28.1 Å². The van der Waals surface area contributed by atoms with Crippen molar-refractivity contribution in [2.75, 3.05) is 6.54 Å². The van der Waals surface area contributed by atoms with Crippen molar-refractivity contribution in [1.82, 2.24) is 10.2 Å². The van der Waals surface area contributed by atoms with Crippen molar-refractivity contribution in [1.29, 1.82) is 0 Å². The first-order valence-electron chi connectivity index (χ1n) is 6.69. The van der Waals surface area contributed by atoms with Crippen LogP contribution in [-0.2, 0) is 9.59 Å². The van der Waals surface area contributed by atoms with Gasteiger partial charge in [-0.25, -0.2) is 0 Å². The Bertz CT molecular complexity index is 525. The van der Waals surface area contributed by atoms with Gasteiger partial charge in [-0.3, -0.25) is 9.59 Å². The number of amides is 2. The van der Waals surface area contributed by atoms with Gasteiger partial charge in [0.2, 0.25) is 11.8 Å². The second-order valence-corrected chi connectivity index (χ2v) is 6.56. The standard InChI is InChI=1S/C15H19BrN2O2/c1-10(11-4-6-12(16)7-5-11)18-9-8-13(19)17-15(2,3)14(18)20/h4-7,10H,8-9H2,1-3H3,(H,17,19). The highest BCUT2D eigenvalue weighted by atomic mass is 79.9. The minimum atomic E-state index is -0.850. The molecule has 1 N–H and O–H groups in total. The number of benzene rings is 1. The van der Waals surface area contributed by atoms with Crippen LogP contribution < -0.4 is 5.32 Å². The van der Waals surface area contributed by atoms with E-state index in [4.69, 9.17) is 0 Å². The summed E-state index contributed by atoms with van der Waals surface area (Å²) in [7, 11) is 0. The lowest BCUT2D eigenvalue weighted by molar-refractivity contribution is -0.139. The van der Waals surface area contributed by atoms with Gasteiger partial charge in [0, 0.05) is 17.4 Å². The number of halogens is 1. The first-order chi connectivity index (χ1) is 9.31. The minimum Gasteiger partial charge on any atom is -0.342 e. The summed E-state index contributed by atoms with van der Waals surface area (Å²) in [6.45, 7) is 5.94. The van der Waals surface area contributed by atoms with Crippen LogP contribution in [0.3, 0.4) is 0 Å². The minimum absolute atomic E-state index is 0.0428. The largest absolute Gasteiger partial charge is 0.342 e. The van der Waals surface area contributed by atoms with E-state index < -0.39 is 5.54 Å². The van der Waals surface area contributed by atoms with Gasteiger partial charge in [0.1, 0.15) is 5.54 Å². The second kappa shape index (κ2) is 5.56. The zero-order chi connectivity index (χ0) is 14.9. The first-order valence-corrected chi connectivity index (χ1v) is 7.48. The van der Waals surface area contributed by atoms with E-state index in [0.29, 0.717) is 13.0 Å². The molecule has 20 heavy (non-hydrogen) atoms. The Balaban J connectivity index is 2.27. The third-order valence-electron chi connectivity index (χ3n) is 3.65. The summed E-state index contributed by atoms with van der Waals surface area (Å²) in [5, 5.41) is 2.78. The van der Waals surface area contributed by atoms with Crippen LogP contribution in [0, 0.1) is 0 Å². The summed E-state index contributed by atoms with van der Waals surface area (Å²) < 4.78 is 1.01. The van der Waals surface area contributed by atoms with Gasteiger partial charge in [0.25, 0.3) is 0 Å². The van der Waals surface area contributed by atoms with Crippen LogP contribution in [-0.4, -0.2) is 28.8 Å². The molecule has 1 saturated heterocycles. The van der Waals surface area contributed by atoms with Crippen LogP contribution >= 0.6 is 15.9 Å². The molecule has 1 aromatic carbocycles. The molecular weight excluding hydrogens is 320 g/mol. The molecule has 0 aromatic heterocycles.